The van der Waals surface area contributed by atoms with E-state index in [9.17, 15) is 5.11 Å². The van der Waals surface area contributed by atoms with Gasteiger partial charge in [0.15, 0.2) is 0 Å². The van der Waals surface area contributed by atoms with Crippen LogP contribution in [0.25, 0.3) is 33.0 Å². The van der Waals surface area contributed by atoms with Crippen LogP contribution in [0.2, 0.25) is 0 Å². The van der Waals surface area contributed by atoms with Crippen molar-refractivity contribution in [1.82, 2.24) is 0 Å². The number of nitrogens with two attached hydrogens (primary N) is 2. The third kappa shape index (κ3) is 3.17. The molecule has 0 fully saturated rings. The Morgan fingerprint density at radius 2 is 1.31 bits per heavy atom. The van der Waals surface area contributed by atoms with Gasteiger partial charge in [0.2, 0.25) is 0 Å². The minimum Gasteiger partial charge on any atom is -0.507 e. The summed E-state index contributed by atoms with van der Waals surface area (Å²) in [4.78, 5) is 0. The summed E-state index contributed by atoms with van der Waals surface area (Å²) in [7, 11) is 3.15. The second-order valence-electron chi connectivity index (χ2n) is 6.78. The van der Waals surface area contributed by atoms with Crippen LogP contribution in [0.5, 0.6) is 17.2 Å². The maximum Gasteiger partial charge on any atom is 0.141 e. The van der Waals surface area contributed by atoms with Crippen LogP contribution in [-0.2, 0) is 0 Å². The van der Waals surface area contributed by atoms with Gasteiger partial charge in [0.25, 0.3) is 0 Å². The van der Waals surface area contributed by atoms with Gasteiger partial charge in [-0.3, -0.25) is 0 Å². The zero-order valence-corrected chi connectivity index (χ0v) is 16.3. The van der Waals surface area contributed by atoms with Gasteiger partial charge in [0, 0.05) is 11.1 Å². The number of ether oxygens (including phenoxy) is 2. The molecule has 0 heterocycles. The van der Waals surface area contributed by atoms with Crippen LogP contribution in [0.1, 0.15) is 0 Å². The van der Waals surface area contributed by atoms with Crippen LogP contribution in [0.15, 0.2) is 66.7 Å². The Hall–Kier alpha value is -3.86. The van der Waals surface area contributed by atoms with E-state index >= 15 is 0 Å². The predicted octanol–water partition coefficient (Wildman–Crippen LogP) is 5.06. The van der Waals surface area contributed by atoms with Crippen molar-refractivity contribution in [3.8, 4) is 39.5 Å². The van der Waals surface area contributed by atoms with Crippen molar-refractivity contribution in [2.75, 3.05) is 25.7 Å². The molecule has 0 aromatic heterocycles. The fourth-order valence-electron chi connectivity index (χ4n) is 3.64. The number of fused-ring (bicyclic) bond motifs is 1. The van der Waals surface area contributed by atoms with E-state index in [1.54, 1.807) is 32.4 Å². The quantitative estimate of drug-likeness (QED) is 0.426. The molecule has 5 heteroatoms. The second-order valence-corrected chi connectivity index (χ2v) is 6.78. The van der Waals surface area contributed by atoms with E-state index < -0.39 is 0 Å². The molecule has 0 aliphatic carbocycles. The van der Waals surface area contributed by atoms with Crippen molar-refractivity contribution in [3.05, 3.63) is 66.7 Å². The Labute approximate surface area is 169 Å². The highest BCUT2D eigenvalue weighted by molar-refractivity contribution is 6.04. The molecule has 0 radical (unpaired) electrons. The van der Waals surface area contributed by atoms with E-state index in [4.69, 9.17) is 20.9 Å². The number of nitrogen functional groups attached to an aromatic ring is 2. The number of hydrogen-bond acceptors (Lipinski definition) is 5. The first-order chi connectivity index (χ1) is 14.0. The standard InChI is InChI=1S/C24H22N2O3/c1-28-21-9-7-15(12-19(21)25)18-11-14-5-3-4-6-17(14)23(24(18)27)16-8-10-22(29-2)20(26)13-16/h3-13,27H,25-26H2,1-2H3. The third-order valence-electron chi connectivity index (χ3n) is 5.08. The lowest BCUT2D eigenvalue weighted by Gasteiger charge is -2.16. The summed E-state index contributed by atoms with van der Waals surface area (Å²) in [5.41, 5.74) is 16.2. The Morgan fingerprint density at radius 1 is 0.724 bits per heavy atom. The molecule has 0 saturated heterocycles. The van der Waals surface area contributed by atoms with E-state index in [2.05, 4.69) is 0 Å². The van der Waals surface area contributed by atoms with Gasteiger partial charge in [-0.2, -0.15) is 0 Å². The van der Waals surface area contributed by atoms with E-state index in [1.807, 2.05) is 48.5 Å². The van der Waals surface area contributed by atoms with Crippen molar-refractivity contribution in [3.63, 3.8) is 0 Å². The molecule has 0 aliphatic rings. The molecule has 0 atom stereocenters. The van der Waals surface area contributed by atoms with Crippen molar-refractivity contribution in [2.45, 2.75) is 0 Å². The maximum atomic E-state index is 11.3. The minimum absolute atomic E-state index is 0.165. The fraction of sp³-hybridized carbons (Fsp3) is 0.0833. The Morgan fingerprint density at radius 3 is 1.93 bits per heavy atom. The SMILES string of the molecule is COc1ccc(-c2cc3ccccc3c(-c3ccc(OC)c(N)c3)c2O)cc1N. The number of methoxy groups -OCH3 is 2. The smallest absolute Gasteiger partial charge is 0.141 e. The molecule has 0 bridgehead atoms. The van der Waals surface area contributed by atoms with Gasteiger partial charge in [-0.1, -0.05) is 36.4 Å². The largest absolute Gasteiger partial charge is 0.507 e. The monoisotopic (exact) mass is 386 g/mol. The topological polar surface area (TPSA) is 90.7 Å². The minimum atomic E-state index is 0.165. The average Bonchev–Trinajstić information content (AvgIpc) is 2.73. The highest BCUT2D eigenvalue weighted by Gasteiger charge is 2.17. The summed E-state index contributed by atoms with van der Waals surface area (Å²) in [5, 5.41) is 13.2. The second kappa shape index (κ2) is 7.28. The number of aromatic hydroxyl groups is 1. The van der Waals surface area contributed by atoms with E-state index in [-0.39, 0.29) is 5.75 Å². The summed E-state index contributed by atoms with van der Waals surface area (Å²) < 4.78 is 10.5. The van der Waals surface area contributed by atoms with Crippen LogP contribution in [-0.4, -0.2) is 19.3 Å². The molecular formula is C24H22N2O3. The molecule has 0 unspecified atom stereocenters. The number of hydrogen-bond donors (Lipinski definition) is 3. The van der Waals surface area contributed by atoms with Gasteiger partial charge in [-0.15, -0.1) is 0 Å². The van der Waals surface area contributed by atoms with E-state index in [0.29, 0.717) is 34.0 Å². The van der Waals surface area contributed by atoms with Gasteiger partial charge in [0.1, 0.15) is 17.2 Å². The zero-order chi connectivity index (χ0) is 20.5. The lowest BCUT2D eigenvalue weighted by atomic mass is 9.91. The summed E-state index contributed by atoms with van der Waals surface area (Å²) >= 11 is 0. The van der Waals surface area contributed by atoms with E-state index in [1.165, 1.54) is 0 Å². The van der Waals surface area contributed by atoms with Gasteiger partial charge in [-0.05, 0) is 52.2 Å². The molecule has 29 heavy (non-hydrogen) atoms. The van der Waals surface area contributed by atoms with Crippen LogP contribution in [0, 0.1) is 0 Å². The summed E-state index contributed by atoms with van der Waals surface area (Å²) in [6.07, 6.45) is 0. The van der Waals surface area contributed by atoms with Gasteiger partial charge < -0.3 is 26.0 Å². The van der Waals surface area contributed by atoms with Crippen molar-refractivity contribution in [1.29, 1.82) is 0 Å². The maximum absolute atomic E-state index is 11.3. The van der Waals surface area contributed by atoms with Gasteiger partial charge in [0.05, 0.1) is 25.6 Å². The normalized spacial score (nSPS) is 10.8. The number of anilines is 2. The molecule has 4 aromatic rings. The molecule has 5 N–H and O–H groups in total. The highest BCUT2D eigenvalue weighted by Crippen LogP contribution is 2.45. The first-order valence-corrected chi connectivity index (χ1v) is 9.16. The molecule has 0 spiro atoms. The summed E-state index contributed by atoms with van der Waals surface area (Å²) in [6, 6.07) is 20.9. The average molecular weight is 386 g/mol. The van der Waals surface area contributed by atoms with Crippen LogP contribution >= 0.6 is 0 Å². The molecule has 0 aliphatic heterocycles. The Kier molecular flexibility index (Phi) is 4.64. The van der Waals surface area contributed by atoms with Crippen LogP contribution in [0.4, 0.5) is 11.4 Å². The van der Waals surface area contributed by atoms with Crippen molar-refractivity contribution in [2.24, 2.45) is 0 Å². The first-order valence-electron chi connectivity index (χ1n) is 9.16. The van der Waals surface area contributed by atoms with Gasteiger partial charge in [-0.25, -0.2) is 0 Å². The fourth-order valence-corrected chi connectivity index (χ4v) is 3.64. The molecule has 0 saturated carbocycles. The lowest BCUT2D eigenvalue weighted by Crippen LogP contribution is -1.95. The molecular weight excluding hydrogens is 364 g/mol. The predicted molar refractivity (Wildman–Crippen MR) is 118 cm³/mol. The first kappa shape index (κ1) is 18.5. The molecule has 146 valence electrons. The zero-order valence-electron chi connectivity index (χ0n) is 16.3. The third-order valence-corrected chi connectivity index (χ3v) is 5.08. The van der Waals surface area contributed by atoms with E-state index in [0.717, 1.165) is 21.9 Å². The molecule has 4 aromatic carbocycles. The number of rotatable bonds is 4. The molecule has 4 rings (SSSR count). The molecule has 0 amide bonds. The Bertz CT molecular complexity index is 1220. The van der Waals surface area contributed by atoms with Crippen LogP contribution < -0.4 is 20.9 Å². The number of benzene rings is 4. The highest BCUT2D eigenvalue weighted by atomic mass is 16.5. The van der Waals surface area contributed by atoms with Gasteiger partial charge >= 0.3 is 0 Å². The lowest BCUT2D eigenvalue weighted by molar-refractivity contribution is 0.417. The van der Waals surface area contributed by atoms with Crippen molar-refractivity contribution < 1.29 is 14.6 Å². The van der Waals surface area contributed by atoms with Crippen LogP contribution in [0.3, 0.4) is 0 Å². The molecule has 5 nitrogen and oxygen atoms in total. The number of phenols is 1. The summed E-state index contributed by atoms with van der Waals surface area (Å²) in [5.74, 6) is 1.35. The summed E-state index contributed by atoms with van der Waals surface area (Å²) in [6.45, 7) is 0. The Balaban J connectivity index is 2.00. The van der Waals surface area contributed by atoms with Crippen molar-refractivity contribution >= 4 is 22.1 Å². The number of phenolic OH excluding ortho intramolecular Hbond substituents is 1.